The topological polar surface area (TPSA) is 72.3 Å². The fraction of sp³-hybridized carbons (Fsp3) is 0.348. The number of nitrogens with zero attached hydrogens (tertiary/aromatic N) is 4. The molecule has 31 heavy (non-hydrogen) atoms. The van der Waals surface area contributed by atoms with Crippen LogP contribution in [0.5, 0.6) is 0 Å². The number of carbonyl (C=O) groups is 1. The molecule has 2 aromatic carbocycles. The Morgan fingerprint density at radius 2 is 2.03 bits per heavy atom. The van der Waals surface area contributed by atoms with Gasteiger partial charge >= 0.3 is 0 Å². The van der Waals surface area contributed by atoms with Crippen molar-refractivity contribution in [2.75, 3.05) is 39.4 Å². The molecule has 4 aromatic rings. The van der Waals surface area contributed by atoms with Gasteiger partial charge in [-0.2, -0.15) is 5.10 Å². The Morgan fingerprint density at radius 3 is 2.90 bits per heavy atom. The third-order valence-electron chi connectivity index (χ3n) is 5.53. The molecule has 160 valence electrons. The molecule has 5 rings (SSSR count). The largest absolute Gasteiger partial charge is 0.379 e. The summed E-state index contributed by atoms with van der Waals surface area (Å²) in [6.07, 6.45) is 2.00. The summed E-state index contributed by atoms with van der Waals surface area (Å²) in [4.78, 5) is 19.5. The van der Waals surface area contributed by atoms with Gasteiger partial charge in [0.2, 0.25) is 0 Å². The molecule has 2 aromatic heterocycles. The fourth-order valence-electron chi connectivity index (χ4n) is 3.93. The van der Waals surface area contributed by atoms with Crippen molar-refractivity contribution in [3.63, 3.8) is 0 Å². The molecule has 0 aliphatic carbocycles. The molecule has 0 unspecified atom stereocenters. The highest BCUT2D eigenvalue weighted by Gasteiger charge is 2.12. The Labute approximate surface area is 184 Å². The molecular weight excluding hydrogens is 410 g/mol. The average molecular weight is 436 g/mol. The number of rotatable bonds is 6. The summed E-state index contributed by atoms with van der Waals surface area (Å²) in [7, 11) is 0. The Morgan fingerprint density at radius 1 is 1.16 bits per heavy atom. The second-order valence-corrected chi connectivity index (χ2v) is 9.08. The summed E-state index contributed by atoms with van der Waals surface area (Å²) in [5.74, 6) is -0.0488. The molecule has 7 nitrogen and oxygen atoms in total. The van der Waals surface area contributed by atoms with E-state index in [1.54, 1.807) is 11.3 Å². The van der Waals surface area contributed by atoms with E-state index < -0.39 is 0 Å². The minimum atomic E-state index is -0.0488. The normalized spacial score (nSPS) is 15.0. The lowest BCUT2D eigenvalue weighted by Crippen LogP contribution is -2.41. The number of nitrogens with one attached hydrogen (secondary N) is 1. The first kappa shape index (κ1) is 20.1. The smallest absolute Gasteiger partial charge is 0.251 e. The quantitative estimate of drug-likeness (QED) is 0.504. The average Bonchev–Trinajstić information content (AvgIpc) is 3.35. The molecule has 0 atom stereocenters. The second kappa shape index (κ2) is 8.74. The van der Waals surface area contributed by atoms with Gasteiger partial charge in [-0.15, -0.1) is 11.3 Å². The first-order valence-electron chi connectivity index (χ1n) is 10.6. The Hall–Kier alpha value is -2.81. The number of amides is 1. The van der Waals surface area contributed by atoms with Gasteiger partial charge in [0, 0.05) is 43.3 Å². The van der Waals surface area contributed by atoms with Gasteiger partial charge in [-0.25, -0.2) is 4.98 Å². The SMILES string of the molecule is Cc1nc2cc(Cn3cc4cc(C(=O)NCCN5CCOCC5)ccc4n3)ccc2s1. The van der Waals surface area contributed by atoms with Crippen LogP contribution in [0, 0.1) is 6.92 Å². The van der Waals surface area contributed by atoms with Crippen molar-refractivity contribution in [1.29, 1.82) is 0 Å². The van der Waals surface area contributed by atoms with Crippen molar-refractivity contribution in [1.82, 2.24) is 25.0 Å². The van der Waals surface area contributed by atoms with E-state index >= 15 is 0 Å². The van der Waals surface area contributed by atoms with Crippen LogP contribution in [0.4, 0.5) is 0 Å². The summed E-state index contributed by atoms with van der Waals surface area (Å²) in [6.45, 7) is 7.57. The lowest BCUT2D eigenvalue weighted by Gasteiger charge is -2.26. The Kier molecular flexibility index (Phi) is 5.67. The van der Waals surface area contributed by atoms with Gasteiger partial charge < -0.3 is 10.1 Å². The molecule has 0 saturated carbocycles. The van der Waals surface area contributed by atoms with E-state index in [9.17, 15) is 4.79 Å². The number of carbonyl (C=O) groups excluding carboxylic acids is 1. The number of fused-ring (bicyclic) bond motifs is 2. The molecule has 1 fully saturated rings. The van der Waals surface area contributed by atoms with Crippen LogP contribution in [-0.2, 0) is 11.3 Å². The van der Waals surface area contributed by atoms with Gasteiger partial charge in [0.05, 0.1) is 40.5 Å². The van der Waals surface area contributed by atoms with Crippen LogP contribution in [-0.4, -0.2) is 65.0 Å². The number of ether oxygens (including phenoxy) is 1. The number of morpholine rings is 1. The number of hydrogen-bond acceptors (Lipinski definition) is 6. The van der Waals surface area contributed by atoms with E-state index in [0.29, 0.717) is 18.7 Å². The van der Waals surface area contributed by atoms with Crippen molar-refractivity contribution in [3.8, 4) is 0 Å². The molecule has 1 aliphatic heterocycles. The fourth-order valence-corrected chi connectivity index (χ4v) is 4.73. The van der Waals surface area contributed by atoms with Crippen LogP contribution in [0.2, 0.25) is 0 Å². The van der Waals surface area contributed by atoms with Crippen LogP contribution in [0.3, 0.4) is 0 Å². The lowest BCUT2D eigenvalue weighted by molar-refractivity contribution is 0.0383. The molecule has 1 N–H and O–H groups in total. The molecular formula is C23H25N5O2S. The third-order valence-corrected chi connectivity index (χ3v) is 6.49. The van der Waals surface area contributed by atoms with Gasteiger partial charge in [0.15, 0.2) is 0 Å². The van der Waals surface area contributed by atoms with Crippen LogP contribution in [0.15, 0.2) is 42.6 Å². The standard InChI is InChI=1S/C23H25N5O2S/c1-16-25-21-12-17(2-5-22(21)31-16)14-28-15-19-13-18(3-4-20(19)26-28)23(29)24-6-7-27-8-10-30-11-9-27/h2-5,12-13,15H,6-11,14H2,1H3,(H,24,29). The highest BCUT2D eigenvalue weighted by Crippen LogP contribution is 2.23. The van der Waals surface area contributed by atoms with E-state index in [4.69, 9.17) is 4.74 Å². The maximum Gasteiger partial charge on any atom is 0.251 e. The molecule has 1 amide bonds. The van der Waals surface area contributed by atoms with Crippen LogP contribution >= 0.6 is 11.3 Å². The summed E-state index contributed by atoms with van der Waals surface area (Å²) in [6, 6.07) is 12.0. The molecule has 1 saturated heterocycles. The monoisotopic (exact) mass is 435 g/mol. The van der Waals surface area contributed by atoms with Gasteiger partial charge in [0.25, 0.3) is 5.91 Å². The predicted octanol–water partition coefficient (Wildman–Crippen LogP) is 3.06. The van der Waals surface area contributed by atoms with Crippen molar-refractivity contribution in [2.24, 2.45) is 0 Å². The predicted molar refractivity (Wildman–Crippen MR) is 123 cm³/mol. The zero-order valence-electron chi connectivity index (χ0n) is 17.5. The van der Waals surface area contributed by atoms with Gasteiger partial charge in [-0.05, 0) is 42.8 Å². The number of thiazole rings is 1. The van der Waals surface area contributed by atoms with Crippen molar-refractivity contribution in [2.45, 2.75) is 13.5 Å². The first-order valence-corrected chi connectivity index (χ1v) is 11.4. The summed E-state index contributed by atoms with van der Waals surface area (Å²) in [5.41, 5.74) is 3.74. The zero-order valence-corrected chi connectivity index (χ0v) is 18.3. The summed E-state index contributed by atoms with van der Waals surface area (Å²) < 4.78 is 8.48. The maximum absolute atomic E-state index is 12.6. The lowest BCUT2D eigenvalue weighted by atomic mass is 10.1. The third kappa shape index (κ3) is 4.61. The second-order valence-electron chi connectivity index (χ2n) is 7.85. The van der Waals surface area contributed by atoms with E-state index in [0.717, 1.165) is 59.8 Å². The minimum absolute atomic E-state index is 0.0488. The summed E-state index contributed by atoms with van der Waals surface area (Å²) >= 11 is 1.71. The molecule has 3 heterocycles. The summed E-state index contributed by atoms with van der Waals surface area (Å²) in [5, 5.41) is 9.73. The maximum atomic E-state index is 12.6. The van der Waals surface area contributed by atoms with Gasteiger partial charge in [-0.3, -0.25) is 14.4 Å². The number of aromatic nitrogens is 3. The van der Waals surface area contributed by atoms with Crippen LogP contribution in [0.1, 0.15) is 20.9 Å². The Bertz CT molecular complexity index is 1230. The minimum Gasteiger partial charge on any atom is -0.379 e. The molecule has 1 aliphatic rings. The highest BCUT2D eigenvalue weighted by molar-refractivity contribution is 7.18. The molecule has 0 bridgehead atoms. The number of aryl methyl sites for hydroxylation is 1. The van der Waals surface area contributed by atoms with E-state index in [-0.39, 0.29) is 5.91 Å². The van der Waals surface area contributed by atoms with Crippen LogP contribution < -0.4 is 5.32 Å². The molecule has 0 radical (unpaired) electrons. The molecule has 0 spiro atoms. The zero-order chi connectivity index (χ0) is 21.2. The van der Waals surface area contributed by atoms with E-state index in [1.807, 2.05) is 36.0 Å². The van der Waals surface area contributed by atoms with Gasteiger partial charge in [0.1, 0.15) is 0 Å². The number of benzene rings is 2. The van der Waals surface area contributed by atoms with E-state index in [1.165, 1.54) is 4.70 Å². The first-order chi connectivity index (χ1) is 15.1. The van der Waals surface area contributed by atoms with Crippen LogP contribution in [0.25, 0.3) is 21.1 Å². The van der Waals surface area contributed by atoms with Gasteiger partial charge in [-0.1, -0.05) is 6.07 Å². The van der Waals surface area contributed by atoms with Crippen molar-refractivity contribution in [3.05, 3.63) is 58.7 Å². The molecule has 8 heteroatoms. The number of hydrogen-bond donors (Lipinski definition) is 1. The Balaban J connectivity index is 1.25. The van der Waals surface area contributed by atoms with E-state index in [2.05, 4.69) is 38.5 Å². The van der Waals surface area contributed by atoms with Crippen molar-refractivity contribution < 1.29 is 9.53 Å². The van der Waals surface area contributed by atoms with Crippen molar-refractivity contribution >= 4 is 38.4 Å². The highest BCUT2D eigenvalue weighted by atomic mass is 32.1.